The zero-order chi connectivity index (χ0) is 15.0. The first-order valence-corrected chi connectivity index (χ1v) is 6.48. The number of amides is 1. The van der Waals surface area contributed by atoms with Crippen LogP contribution >= 0.6 is 0 Å². The van der Waals surface area contributed by atoms with E-state index in [2.05, 4.69) is 0 Å². The zero-order valence-corrected chi connectivity index (χ0v) is 12.0. The van der Waals surface area contributed by atoms with Crippen LogP contribution < -0.4 is 19.1 Å². The first kappa shape index (κ1) is 13.3. The molecule has 0 saturated heterocycles. The minimum absolute atomic E-state index is 0.0869. The van der Waals surface area contributed by atoms with Gasteiger partial charge in [-0.1, -0.05) is 0 Å². The number of fused-ring (bicyclic) bond motifs is 2. The lowest BCUT2D eigenvalue weighted by Crippen LogP contribution is -2.26. The van der Waals surface area contributed by atoms with Crippen molar-refractivity contribution >= 4 is 17.3 Å². The molecule has 1 amide bonds. The lowest BCUT2D eigenvalue weighted by atomic mass is 10.1. The van der Waals surface area contributed by atoms with Crippen molar-refractivity contribution in [3.05, 3.63) is 36.4 Å². The van der Waals surface area contributed by atoms with Gasteiger partial charge in [-0.05, 0) is 24.3 Å². The normalized spacial score (nSPS) is 12.0. The maximum atomic E-state index is 12.0. The van der Waals surface area contributed by atoms with E-state index in [1.165, 1.54) is 6.92 Å². The topological polar surface area (TPSA) is 48.0 Å². The lowest BCUT2D eigenvalue weighted by Gasteiger charge is -2.30. The van der Waals surface area contributed by atoms with Crippen molar-refractivity contribution in [1.29, 1.82) is 0 Å². The van der Waals surface area contributed by atoms with Gasteiger partial charge in [0.2, 0.25) is 5.91 Å². The summed E-state index contributed by atoms with van der Waals surface area (Å²) < 4.78 is 16.3. The number of ether oxygens (including phenoxy) is 3. The van der Waals surface area contributed by atoms with Crippen LogP contribution in [0.15, 0.2) is 36.4 Å². The quantitative estimate of drug-likeness (QED) is 0.847. The minimum atomic E-state index is -0.0869. The second-order valence-electron chi connectivity index (χ2n) is 4.62. The largest absolute Gasteiger partial charge is 0.497 e. The second-order valence-corrected chi connectivity index (χ2v) is 4.62. The number of anilines is 2. The van der Waals surface area contributed by atoms with Crippen molar-refractivity contribution in [2.75, 3.05) is 19.1 Å². The Hall–Kier alpha value is -2.69. The van der Waals surface area contributed by atoms with Gasteiger partial charge in [0.25, 0.3) is 0 Å². The maximum Gasteiger partial charge on any atom is 0.228 e. The minimum Gasteiger partial charge on any atom is -0.497 e. The van der Waals surface area contributed by atoms with Crippen molar-refractivity contribution in [2.24, 2.45) is 0 Å². The van der Waals surface area contributed by atoms with Gasteiger partial charge < -0.3 is 14.2 Å². The second kappa shape index (κ2) is 5.01. The molecule has 1 heterocycles. The first-order chi connectivity index (χ1) is 10.1. The Morgan fingerprint density at radius 2 is 1.43 bits per heavy atom. The van der Waals surface area contributed by atoms with Gasteiger partial charge in [0.1, 0.15) is 11.5 Å². The van der Waals surface area contributed by atoms with Crippen LogP contribution in [0.4, 0.5) is 11.4 Å². The van der Waals surface area contributed by atoms with Gasteiger partial charge in [0.15, 0.2) is 11.5 Å². The van der Waals surface area contributed by atoms with Crippen molar-refractivity contribution in [1.82, 2.24) is 0 Å². The number of nitrogens with zero attached hydrogens (tertiary/aromatic N) is 1. The molecular weight excluding hydrogens is 270 g/mol. The number of benzene rings is 2. The molecule has 5 nitrogen and oxygen atoms in total. The SMILES string of the molecule is COc1ccc2c(c1)Oc1cc(OC)ccc1N2C(C)=O. The Morgan fingerprint density at radius 1 is 0.952 bits per heavy atom. The Kier molecular flexibility index (Phi) is 3.17. The predicted molar refractivity (Wildman–Crippen MR) is 78.9 cm³/mol. The van der Waals surface area contributed by atoms with Gasteiger partial charge in [-0.2, -0.15) is 0 Å². The average Bonchev–Trinajstić information content (AvgIpc) is 2.50. The van der Waals surface area contributed by atoms with Crippen molar-refractivity contribution in [2.45, 2.75) is 6.92 Å². The first-order valence-electron chi connectivity index (χ1n) is 6.48. The van der Waals surface area contributed by atoms with Crippen LogP contribution in [0.1, 0.15) is 6.92 Å². The number of hydrogen-bond donors (Lipinski definition) is 0. The summed E-state index contributed by atoms with van der Waals surface area (Å²) in [5, 5.41) is 0. The maximum absolute atomic E-state index is 12.0. The van der Waals surface area contributed by atoms with Crippen molar-refractivity contribution < 1.29 is 19.0 Å². The highest BCUT2D eigenvalue weighted by atomic mass is 16.5. The third-order valence-corrected chi connectivity index (χ3v) is 3.35. The van der Waals surface area contributed by atoms with Gasteiger partial charge in [0.05, 0.1) is 25.6 Å². The van der Waals surface area contributed by atoms with Gasteiger partial charge in [-0.3, -0.25) is 9.69 Å². The van der Waals surface area contributed by atoms with Crippen LogP contribution in [-0.4, -0.2) is 20.1 Å². The molecule has 0 bridgehead atoms. The van der Waals surface area contributed by atoms with Crippen LogP contribution in [-0.2, 0) is 4.79 Å². The molecule has 5 heteroatoms. The number of methoxy groups -OCH3 is 2. The summed E-state index contributed by atoms with van der Waals surface area (Å²) in [6, 6.07) is 10.7. The Morgan fingerprint density at radius 3 is 1.81 bits per heavy atom. The summed E-state index contributed by atoms with van der Waals surface area (Å²) in [5.41, 5.74) is 1.39. The Balaban J connectivity index is 2.17. The average molecular weight is 285 g/mol. The fourth-order valence-electron chi connectivity index (χ4n) is 2.36. The highest BCUT2D eigenvalue weighted by Gasteiger charge is 2.28. The molecule has 0 aromatic heterocycles. The van der Waals surface area contributed by atoms with Crippen LogP contribution in [0.3, 0.4) is 0 Å². The Bertz CT molecular complexity index is 658. The molecule has 0 radical (unpaired) electrons. The van der Waals surface area contributed by atoms with Crippen LogP contribution in [0.5, 0.6) is 23.0 Å². The standard InChI is InChI=1S/C16H15NO4/c1-10(18)17-13-6-4-11(19-2)8-15(13)21-16-9-12(20-3)5-7-14(16)17/h4-9H,1-3H3. The van der Waals surface area contributed by atoms with E-state index in [4.69, 9.17) is 14.2 Å². The molecule has 3 rings (SSSR count). The third kappa shape index (κ3) is 2.16. The molecule has 0 spiro atoms. The molecule has 0 aliphatic carbocycles. The third-order valence-electron chi connectivity index (χ3n) is 3.35. The number of carbonyl (C=O) groups is 1. The lowest BCUT2D eigenvalue weighted by molar-refractivity contribution is -0.115. The van der Waals surface area contributed by atoms with E-state index in [-0.39, 0.29) is 5.91 Å². The van der Waals surface area contributed by atoms with E-state index in [1.54, 1.807) is 43.4 Å². The summed E-state index contributed by atoms with van der Waals surface area (Å²) in [4.78, 5) is 13.7. The van der Waals surface area contributed by atoms with Crippen molar-refractivity contribution in [3.63, 3.8) is 0 Å². The summed E-state index contributed by atoms with van der Waals surface area (Å²) in [7, 11) is 3.18. The molecule has 2 aromatic rings. The fraction of sp³-hybridized carbons (Fsp3) is 0.188. The molecule has 2 aromatic carbocycles. The van der Waals surface area contributed by atoms with E-state index in [1.807, 2.05) is 12.1 Å². The highest BCUT2D eigenvalue weighted by molar-refractivity contribution is 6.03. The summed E-state index contributed by atoms with van der Waals surface area (Å²) in [6.45, 7) is 1.52. The zero-order valence-electron chi connectivity index (χ0n) is 12.0. The molecule has 0 fully saturated rings. The molecule has 0 unspecified atom stereocenters. The fourth-order valence-corrected chi connectivity index (χ4v) is 2.36. The van der Waals surface area contributed by atoms with Crippen LogP contribution in [0.25, 0.3) is 0 Å². The molecule has 21 heavy (non-hydrogen) atoms. The molecule has 0 saturated carbocycles. The number of hydrogen-bond acceptors (Lipinski definition) is 4. The van der Waals surface area contributed by atoms with E-state index in [0.717, 1.165) is 0 Å². The van der Waals surface area contributed by atoms with Crippen molar-refractivity contribution in [3.8, 4) is 23.0 Å². The van der Waals surface area contributed by atoms with Gasteiger partial charge in [0, 0.05) is 19.1 Å². The van der Waals surface area contributed by atoms with E-state index >= 15 is 0 Å². The van der Waals surface area contributed by atoms with Gasteiger partial charge >= 0.3 is 0 Å². The van der Waals surface area contributed by atoms with Crippen LogP contribution in [0, 0.1) is 0 Å². The Labute approximate surface area is 122 Å². The molecule has 0 N–H and O–H groups in total. The van der Waals surface area contributed by atoms with E-state index in [0.29, 0.717) is 34.4 Å². The molecule has 1 aliphatic rings. The summed E-state index contributed by atoms with van der Waals surface area (Å²) in [5.74, 6) is 2.40. The highest BCUT2D eigenvalue weighted by Crippen LogP contribution is 2.48. The van der Waals surface area contributed by atoms with E-state index in [9.17, 15) is 4.79 Å². The monoisotopic (exact) mass is 285 g/mol. The number of carbonyl (C=O) groups excluding carboxylic acids is 1. The number of rotatable bonds is 2. The molecular formula is C16H15NO4. The smallest absolute Gasteiger partial charge is 0.228 e. The van der Waals surface area contributed by atoms with Gasteiger partial charge in [-0.15, -0.1) is 0 Å². The molecule has 108 valence electrons. The summed E-state index contributed by atoms with van der Waals surface area (Å²) >= 11 is 0. The predicted octanol–water partition coefficient (Wildman–Crippen LogP) is 3.49. The van der Waals surface area contributed by atoms with E-state index < -0.39 is 0 Å². The summed E-state index contributed by atoms with van der Waals surface area (Å²) in [6.07, 6.45) is 0. The van der Waals surface area contributed by atoms with Crippen LogP contribution in [0.2, 0.25) is 0 Å². The molecule has 0 atom stereocenters. The molecule has 1 aliphatic heterocycles. The van der Waals surface area contributed by atoms with Gasteiger partial charge in [-0.25, -0.2) is 0 Å².